The maximum absolute atomic E-state index is 11.1. The highest BCUT2D eigenvalue weighted by atomic mass is 16.5. The number of methoxy groups -OCH3 is 1. The molecule has 12 heavy (non-hydrogen) atoms. The van der Waals surface area contributed by atoms with E-state index in [2.05, 4.69) is 4.74 Å². The second kappa shape index (κ2) is 4.74. The predicted octanol–water partition coefficient (Wildman–Crippen LogP) is 0.274. The third-order valence-electron chi connectivity index (χ3n) is 1.58. The molecule has 0 spiro atoms. The Morgan fingerprint density at radius 3 is 2.25 bits per heavy atom. The van der Waals surface area contributed by atoms with Crippen molar-refractivity contribution in [2.45, 2.75) is 13.3 Å². The van der Waals surface area contributed by atoms with E-state index < -0.39 is 0 Å². The molecule has 1 atom stereocenters. The second-order valence-electron chi connectivity index (χ2n) is 2.92. The number of hydrogen-bond donors (Lipinski definition) is 0. The maximum atomic E-state index is 11.1. The van der Waals surface area contributed by atoms with Crippen LogP contribution in [0.3, 0.4) is 0 Å². The minimum Gasteiger partial charge on any atom is -0.469 e. The second-order valence-corrected chi connectivity index (χ2v) is 2.92. The van der Waals surface area contributed by atoms with Crippen LogP contribution in [0.25, 0.3) is 0 Å². The van der Waals surface area contributed by atoms with Crippen molar-refractivity contribution in [1.29, 1.82) is 0 Å². The van der Waals surface area contributed by atoms with Gasteiger partial charge in [-0.25, -0.2) is 0 Å². The molecule has 0 fully saturated rings. The van der Waals surface area contributed by atoms with Gasteiger partial charge in [0.05, 0.1) is 13.0 Å². The van der Waals surface area contributed by atoms with Gasteiger partial charge in [0.25, 0.3) is 0 Å². The molecule has 0 bridgehead atoms. The van der Waals surface area contributed by atoms with Crippen molar-refractivity contribution in [3.8, 4) is 0 Å². The molecule has 0 aliphatic carbocycles. The van der Waals surface area contributed by atoms with Gasteiger partial charge >= 0.3 is 5.97 Å². The van der Waals surface area contributed by atoms with Crippen LogP contribution in [0.5, 0.6) is 0 Å². The quantitative estimate of drug-likeness (QED) is 0.576. The first-order valence-corrected chi connectivity index (χ1v) is 3.77. The summed E-state index contributed by atoms with van der Waals surface area (Å²) >= 11 is 0. The zero-order valence-electron chi connectivity index (χ0n) is 7.96. The van der Waals surface area contributed by atoms with Crippen LogP contribution < -0.4 is 0 Å². The van der Waals surface area contributed by atoms with Crippen molar-refractivity contribution < 1.29 is 14.3 Å². The molecule has 0 aromatic heterocycles. The molecule has 70 valence electrons. The number of carbonyl (C=O) groups is 2. The highest BCUT2D eigenvalue weighted by molar-refractivity contribution is 5.82. The van der Waals surface area contributed by atoms with Crippen molar-refractivity contribution in [1.82, 2.24) is 4.90 Å². The van der Waals surface area contributed by atoms with Crippen molar-refractivity contribution in [2.24, 2.45) is 5.92 Å². The van der Waals surface area contributed by atoms with Crippen molar-refractivity contribution in [3.63, 3.8) is 0 Å². The van der Waals surface area contributed by atoms with E-state index in [4.69, 9.17) is 0 Å². The van der Waals surface area contributed by atoms with Crippen LogP contribution in [-0.2, 0) is 14.3 Å². The zero-order valence-corrected chi connectivity index (χ0v) is 7.96. The fourth-order valence-electron chi connectivity index (χ4n) is 0.729. The largest absolute Gasteiger partial charge is 0.469 e. The van der Waals surface area contributed by atoms with E-state index in [0.29, 0.717) is 0 Å². The van der Waals surface area contributed by atoms with Gasteiger partial charge in [-0.3, -0.25) is 9.59 Å². The van der Waals surface area contributed by atoms with E-state index in [9.17, 15) is 9.59 Å². The number of rotatable bonds is 3. The van der Waals surface area contributed by atoms with Gasteiger partial charge in [0.15, 0.2) is 0 Å². The summed E-state index contributed by atoms with van der Waals surface area (Å²) < 4.78 is 4.48. The van der Waals surface area contributed by atoms with Crippen LogP contribution in [0.4, 0.5) is 0 Å². The van der Waals surface area contributed by atoms with Crippen LogP contribution in [0.1, 0.15) is 13.3 Å². The zero-order chi connectivity index (χ0) is 9.72. The van der Waals surface area contributed by atoms with Gasteiger partial charge in [0, 0.05) is 20.5 Å². The maximum Gasteiger partial charge on any atom is 0.308 e. The Bertz CT molecular complexity index is 177. The third kappa shape index (κ3) is 3.37. The SMILES string of the molecule is COC(=O)C(C)CC(=O)N(C)C. The first kappa shape index (κ1) is 10.9. The predicted molar refractivity (Wildman–Crippen MR) is 44.5 cm³/mol. The van der Waals surface area contributed by atoms with Gasteiger partial charge in [-0.1, -0.05) is 6.92 Å². The highest BCUT2D eigenvalue weighted by Gasteiger charge is 2.17. The number of esters is 1. The number of ether oxygens (including phenoxy) is 1. The van der Waals surface area contributed by atoms with Crippen molar-refractivity contribution >= 4 is 11.9 Å². The summed E-state index contributed by atoms with van der Waals surface area (Å²) in [5.74, 6) is -0.761. The third-order valence-corrected chi connectivity index (χ3v) is 1.58. The fraction of sp³-hybridized carbons (Fsp3) is 0.750. The smallest absolute Gasteiger partial charge is 0.308 e. The van der Waals surface area contributed by atoms with Gasteiger partial charge in [0.2, 0.25) is 5.91 Å². The van der Waals surface area contributed by atoms with E-state index in [1.807, 2.05) is 0 Å². The summed E-state index contributed by atoms with van der Waals surface area (Å²) in [7, 11) is 4.64. The molecule has 4 nitrogen and oxygen atoms in total. The lowest BCUT2D eigenvalue weighted by atomic mass is 10.1. The van der Waals surface area contributed by atoms with Gasteiger partial charge in [-0.15, -0.1) is 0 Å². The average molecular weight is 173 g/mol. The fourth-order valence-corrected chi connectivity index (χ4v) is 0.729. The molecule has 4 heteroatoms. The molecule has 0 rings (SSSR count). The summed E-state index contributed by atoms with van der Waals surface area (Å²) in [6.45, 7) is 1.67. The molecule has 0 aromatic carbocycles. The van der Waals surface area contributed by atoms with Crippen LogP contribution in [-0.4, -0.2) is 38.0 Å². The summed E-state index contributed by atoms with van der Waals surface area (Å²) in [5, 5.41) is 0. The lowest BCUT2D eigenvalue weighted by Gasteiger charge is -2.13. The Kier molecular flexibility index (Phi) is 4.33. The molecule has 0 saturated carbocycles. The van der Waals surface area contributed by atoms with Crippen LogP contribution in [0, 0.1) is 5.92 Å². The summed E-state index contributed by atoms with van der Waals surface area (Å²) in [4.78, 5) is 23.4. The number of nitrogens with zero attached hydrogens (tertiary/aromatic N) is 1. The molecule has 1 amide bonds. The summed E-state index contributed by atoms with van der Waals surface area (Å²) in [6.07, 6.45) is 0.208. The van der Waals surface area contributed by atoms with E-state index >= 15 is 0 Å². The lowest BCUT2D eigenvalue weighted by molar-refractivity contribution is -0.147. The highest BCUT2D eigenvalue weighted by Crippen LogP contribution is 2.05. The van der Waals surface area contributed by atoms with Crippen molar-refractivity contribution in [2.75, 3.05) is 21.2 Å². The van der Waals surface area contributed by atoms with Crippen molar-refractivity contribution in [3.05, 3.63) is 0 Å². The molecule has 0 saturated heterocycles. The van der Waals surface area contributed by atoms with E-state index in [1.165, 1.54) is 12.0 Å². The summed E-state index contributed by atoms with van der Waals surface area (Å²) in [6, 6.07) is 0. The van der Waals surface area contributed by atoms with Crippen LogP contribution in [0.15, 0.2) is 0 Å². The number of carbonyl (C=O) groups excluding carboxylic acids is 2. The normalized spacial score (nSPS) is 12.0. The molecular formula is C8H15NO3. The monoisotopic (exact) mass is 173 g/mol. The van der Waals surface area contributed by atoms with Gasteiger partial charge in [-0.2, -0.15) is 0 Å². The Morgan fingerprint density at radius 1 is 1.42 bits per heavy atom. The molecule has 0 radical (unpaired) electrons. The first-order valence-electron chi connectivity index (χ1n) is 3.77. The van der Waals surface area contributed by atoms with Gasteiger partial charge in [-0.05, 0) is 0 Å². The topological polar surface area (TPSA) is 46.6 Å². The molecule has 0 aliphatic heterocycles. The first-order chi connectivity index (χ1) is 5.49. The average Bonchev–Trinajstić information content (AvgIpc) is 2.02. The van der Waals surface area contributed by atoms with Crippen LogP contribution >= 0.6 is 0 Å². The minimum atomic E-state index is -0.357. The Morgan fingerprint density at radius 2 is 1.92 bits per heavy atom. The lowest BCUT2D eigenvalue weighted by Crippen LogP contribution is -2.26. The molecule has 0 N–H and O–H groups in total. The molecule has 0 heterocycles. The number of amides is 1. The molecular weight excluding hydrogens is 158 g/mol. The van der Waals surface area contributed by atoms with Crippen LogP contribution in [0.2, 0.25) is 0 Å². The van der Waals surface area contributed by atoms with E-state index in [1.54, 1.807) is 21.0 Å². The number of hydrogen-bond acceptors (Lipinski definition) is 3. The van der Waals surface area contributed by atoms with E-state index in [-0.39, 0.29) is 24.2 Å². The Balaban J connectivity index is 3.92. The summed E-state index contributed by atoms with van der Waals surface area (Å²) in [5.41, 5.74) is 0. The minimum absolute atomic E-state index is 0.0621. The standard InChI is InChI=1S/C8H15NO3/c1-6(8(11)12-4)5-7(10)9(2)3/h6H,5H2,1-4H3. The molecule has 0 aliphatic rings. The Hall–Kier alpha value is -1.06. The Labute approximate surface area is 72.5 Å². The molecule has 1 unspecified atom stereocenters. The van der Waals surface area contributed by atoms with Gasteiger partial charge < -0.3 is 9.64 Å². The van der Waals surface area contributed by atoms with Gasteiger partial charge in [0.1, 0.15) is 0 Å². The molecule has 0 aromatic rings. The van der Waals surface area contributed by atoms with E-state index in [0.717, 1.165) is 0 Å².